The van der Waals surface area contributed by atoms with Crippen molar-refractivity contribution in [2.45, 2.75) is 18.2 Å². The third kappa shape index (κ3) is 2.11. The maximum atomic E-state index is 11.5. The van der Waals surface area contributed by atoms with Crippen molar-refractivity contribution < 1.29 is 9.53 Å². The Hall–Kier alpha value is -1.29. The predicted octanol–water partition coefficient (Wildman–Crippen LogP) is 2.11. The number of benzene rings is 1. The van der Waals surface area contributed by atoms with E-state index in [-0.39, 0.29) is 17.3 Å². The molecule has 1 aliphatic rings. The second-order valence-electron chi connectivity index (χ2n) is 3.59. The van der Waals surface area contributed by atoms with Gasteiger partial charge in [-0.1, -0.05) is 37.3 Å². The molecule has 1 aromatic carbocycles. The smallest absolute Gasteiger partial charge is 0.331 e. The Bertz CT molecular complexity index is 416. The first kappa shape index (κ1) is 11.2. The molecule has 4 heteroatoms. The summed E-state index contributed by atoms with van der Waals surface area (Å²) in [5, 5.41) is 1.06. The largest absolute Gasteiger partial charge is 0.467 e. The van der Waals surface area contributed by atoms with Gasteiger partial charge in [0.15, 0.2) is 6.04 Å². The van der Waals surface area contributed by atoms with E-state index in [1.54, 1.807) is 11.8 Å². The molecule has 1 aromatic rings. The fourth-order valence-corrected chi connectivity index (χ4v) is 2.69. The molecule has 84 valence electrons. The third-order valence-corrected chi connectivity index (χ3v) is 3.66. The Morgan fingerprint density at radius 1 is 1.38 bits per heavy atom. The number of ether oxygens (including phenoxy) is 1. The first-order valence-corrected chi connectivity index (χ1v) is 5.98. The molecule has 0 radical (unpaired) electrons. The lowest BCUT2D eigenvalue weighted by molar-refractivity contribution is -0.141. The topological polar surface area (TPSA) is 38.7 Å². The quantitative estimate of drug-likeness (QED) is 0.737. The van der Waals surface area contributed by atoms with Crippen LogP contribution >= 0.6 is 11.8 Å². The van der Waals surface area contributed by atoms with Gasteiger partial charge in [0.2, 0.25) is 0 Å². The summed E-state index contributed by atoms with van der Waals surface area (Å²) < 4.78 is 4.73. The van der Waals surface area contributed by atoms with Gasteiger partial charge in [0.1, 0.15) is 0 Å². The molecule has 0 fully saturated rings. The van der Waals surface area contributed by atoms with Crippen LogP contribution in [0.4, 0.5) is 0 Å². The molecule has 0 saturated carbocycles. The van der Waals surface area contributed by atoms with Crippen molar-refractivity contribution in [1.82, 2.24) is 0 Å². The van der Waals surface area contributed by atoms with Gasteiger partial charge in [-0.05, 0) is 0 Å². The minimum absolute atomic E-state index is 0.141. The molecular formula is C12H13NO2S. The highest BCUT2D eigenvalue weighted by Gasteiger charge is 2.33. The first-order chi connectivity index (χ1) is 7.72. The zero-order valence-corrected chi connectivity index (χ0v) is 10.0. The standard InChI is InChI=1S/C12H13NO2S/c1-8-10(12(14)15-2)13-11(16-8)9-6-4-3-5-7-9/h3-8,10H,1-2H3/t8-,10+/m1/s1. The minimum Gasteiger partial charge on any atom is -0.467 e. The molecular weight excluding hydrogens is 222 g/mol. The average Bonchev–Trinajstić information content (AvgIpc) is 2.71. The van der Waals surface area contributed by atoms with E-state index < -0.39 is 0 Å². The van der Waals surface area contributed by atoms with E-state index in [0.717, 1.165) is 10.6 Å². The van der Waals surface area contributed by atoms with Gasteiger partial charge in [-0.25, -0.2) is 4.79 Å². The second-order valence-corrected chi connectivity index (χ2v) is 4.96. The van der Waals surface area contributed by atoms with Crippen molar-refractivity contribution in [3.8, 4) is 0 Å². The summed E-state index contributed by atoms with van der Waals surface area (Å²) in [6.45, 7) is 1.99. The van der Waals surface area contributed by atoms with Gasteiger partial charge < -0.3 is 4.74 Å². The molecule has 0 spiro atoms. The molecule has 16 heavy (non-hydrogen) atoms. The number of rotatable bonds is 2. The highest BCUT2D eigenvalue weighted by molar-refractivity contribution is 8.15. The molecule has 0 saturated heterocycles. The number of nitrogens with zero attached hydrogens (tertiary/aromatic N) is 1. The fraction of sp³-hybridized carbons (Fsp3) is 0.333. The van der Waals surface area contributed by atoms with Crippen LogP contribution in [-0.4, -0.2) is 29.4 Å². The Labute approximate surface area is 98.9 Å². The normalized spacial score (nSPS) is 24.0. The Morgan fingerprint density at radius 2 is 2.06 bits per heavy atom. The van der Waals surface area contributed by atoms with E-state index in [2.05, 4.69) is 4.99 Å². The Balaban J connectivity index is 2.23. The summed E-state index contributed by atoms with van der Waals surface area (Å²) in [5.41, 5.74) is 1.06. The average molecular weight is 235 g/mol. The molecule has 0 amide bonds. The van der Waals surface area contributed by atoms with Crippen LogP contribution in [-0.2, 0) is 9.53 Å². The van der Waals surface area contributed by atoms with Crippen LogP contribution < -0.4 is 0 Å². The molecule has 1 heterocycles. The summed E-state index contributed by atoms with van der Waals surface area (Å²) >= 11 is 1.62. The van der Waals surface area contributed by atoms with E-state index in [1.807, 2.05) is 37.3 Å². The number of carbonyl (C=O) groups is 1. The van der Waals surface area contributed by atoms with Crippen LogP contribution in [0, 0.1) is 0 Å². The SMILES string of the molecule is COC(=O)[C@H]1N=C(c2ccccc2)S[C@@H]1C. The van der Waals surface area contributed by atoms with E-state index in [9.17, 15) is 4.79 Å². The van der Waals surface area contributed by atoms with Crippen LogP contribution in [0.25, 0.3) is 0 Å². The molecule has 0 aliphatic carbocycles. The molecule has 0 bridgehead atoms. The summed E-state index contributed by atoms with van der Waals surface area (Å²) in [4.78, 5) is 15.9. The van der Waals surface area contributed by atoms with Crippen LogP contribution in [0.1, 0.15) is 12.5 Å². The summed E-state index contributed by atoms with van der Waals surface area (Å²) in [5.74, 6) is -0.258. The van der Waals surface area contributed by atoms with Crippen molar-refractivity contribution >= 4 is 22.8 Å². The number of hydrogen-bond acceptors (Lipinski definition) is 4. The van der Waals surface area contributed by atoms with Crippen LogP contribution in [0.3, 0.4) is 0 Å². The van der Waals surface area contributed by atoms with Gasteiger partial charge in [0, 0.05) is 10.8 Å². The number of methoxy groups -OCH3 is 1. The number of hydrogen-bond donors (Lipinski definition) is 0. The van der Waals surface area contributed by atoms with E-state index in [1.165, 1.54) is 7.11 Å². The van der Waals surface area contributed by atoms with Crippen molar-refractivity contribution in [3.05, 3.63) is 35.9 Å². The Kier molecular flexibility index (Phi) is 3.29. The summed E-state index contributed by atoms with van der Waals surface area (Å²) in [6.07, 6.45) is 0. The number of carbonyl (C=O) groups excluding carboxylic acids is 1. The minimum atomic E-state index is -0.370. The van der Waals surface area contributed by atoms with Crippen molar-refractivity contribution in [2.24, 2.45) is 4.99 Å². The third-order valence-electron chi connectivity index (χ3n) is 2.46. The molecule has 0 N–H and O–H groups in total. The molecule has 0 unspecified atom stereocenters. The monoisotopic (exact) mass is 235 g/mol. The molecule has 1 aliphatic heterocycles. The summed E-state index contributed by atoms with van der Waals surface area (Å²) in [6, 6.07) is 9.52. The highest BCUT2D eigenvalue weighted by atomic mass is 32.2. The van der Waals surface area contributed by atoms with E-state index >= 15 is 0 Å². The lowest BCUT2D eigenvalue weighted by Gasteiger charge is -2.08. The number of thioether (sulfide) groups is 1. The maximum absolute atomic E-state index is 11.5. The molecule has 2 atom stereocenters. The van der Waals surface area contributed by atoms with E-state index in [4.69, 9.17) is 4.74 Å². The lowest BCUT2D eigenvalue weighted by Crippen LogP contribution is -2.26. The fourth-order valence-electron chi connectivity index (χ4n) is 1.59. The zero-order chi connectivity index (χ0) is 11.5. The molecule has 2 rings (SSSR count). The van der Waals surface area contributed by atoms with Crippen LogP contribution in [0.2, 0.25) is 0 Å². The molecule has 3 nitrogen and oxygen atoms in total. The van der Waals surface area contributed by atoms with Crippen molar-refractivity contribution in [1.29, 1.82) is 0 Å². The van der Waals surface area contributed by atoms with Crippen LogP contribution in [0.15, 0.2) is 35.3 Å². The van der Waals surface area contributed by atoms with Gasteiger partial charge in [-0.15, -0.1) is 11.8 Å². The van der Waals surface area contributed by atoms with E-state index in [0.29, 0.717) is 0 Å². The summed E-state index contributed by atoms with van der Waals surface area (Å²) in [7, 11) is 1.40. The van der Waals surface area contributed by atoms with Crippen LogP contribution in [0.5, 0.6) is 0 Å². The van der Waals surface area contributed by atoms with Gasteiger partial charge in [0.25, 0.3) is 0 Å². The predicted molar refractivity (Wildman–Crippen MR) is 65.8 cm³/mol. The number of aliphatic imine (C=N–C) groups is 1. The highest BCUT2D eigenvalue weighted by Crippen LogP contribution is 2.30. The van der Waals surface area contributed by atoms with Gasteiger partial charge in [-0.3, -0.25) is 4.99 Å². The van der Waals surface area contributed by atoms with Crippen molar-refractivity contribution in [3.63, 3.8) is 0 Å². The Morgan fingerprint density at radius 3 is 2.69 bits per heavy atom. The van der Waals surface area contributed by atoms with Gasteiger partial charge >= 0.3 is 5.97 Å². The van der Waals surface area contributed by atoms with Gasteiger partial charge in [0.05, 0.1) is 12.2 Å². The maximum Gasteiger partial charge on any atom is 0.331 e. The van der Waals surface area contributed by atoms with Crippen molar-refractivity contribution in [2.75, 3.05) is 7.11 Å². The number of esters is 1. The zero-order valence-electron chi connectivity index (χ0n) is 9.21. The van der Waals surface area contributed by atoms with Gasteiger partial charge in [-0.2, -0.15) is 0 Å². The molecule has 0 aromatic heterocycles. The first-order valence-electron chi connectivity index (χ1n) is 5.10. The lowest BCUT2D eigenvalue weighted by atomic mass is 10.2. The second kappa shape index (κ2) is 4.70.